The molecular formula is C14H24N2. The molecule has 0 amide bonds. The lowest BCUT2D eigenvalue weighted by Crippen LogP contribution is -2.45. The fourth-order valence-corrected chi connectivity index (χ4v) is 1.77. The van der Waals surface area contributed by atoms with Crippen LogP contribution in [0.25, 0.3) is 0 Å². The smallest absolute Gasteiger partial charge is 0.0344 e. The van der Waals surface area contributed by atoms with Gasteiger partial charge in [0.1, 0.15) is 0 Å². The Labute approximate surface area is 99.2 Å². The van der Waals surface area contributed by atoms with Crippen LogP contribution in [-0.4, -0.2) is 12.1 Å². The van der Waals surface area contributed by atoms with Crippen LogP contribution in [0.3, 0.4) is 0 Å². The van der Waals surface area contributed by atoms with Gasteiger partial charge in [0, 0.05) is 18.1 Å². The number of rotatable bonds is 5. The van der Waals surface area contributed by atoms with Gasteiger partial charge >= 0.3 is 0 Å². The molecule has 1 aromatic rings. The number of nitrogens with two attached hydrogens (primary N) is 1. The van der Waals surface area contributed by atoms with Crippen LogP contribution in [-0.2, 0) is 0 Å². The molecule has 0 spiro atoms. The Balaban J connectivity index is 2.70. The van der Waals surface area contributed by atoms with Crippen LogP contribution in [0.5, 0.6) is 0 Å². The molecule has 0 saturated heterocycles. The summed E-state index contributed by atoms with van der Waals surface area (Å²) >= 11 is 0. The highest BCUT2D eigenvalue weighted by Crippen LogP contribution is 2.21. The maximum atomic E-state index is 6.00. The van der Waals surface area contributed by atoms with Crippen LogP contribution < -0.4 is 11.1 Å². The third-order valence-corrected chi connectivity index (χ3v) is 2.60. The summed E-state index contributed by atoms with van der Waals surface area (Å²) in [7, 11) is 0. The SMILES string of the molecule is CC(C)C(NCC(C)(C)N)c1ccccc1. The summed E-state index contributed by atoms with van der Waals surface area (Å²) < 4.78 is 0. The zero-order valence-corrected chi connectivity index (χ0v) is 10.8. The van der Waals surface area contributed by atoms with Crippen molar-refractivity contribution < 1.29 is 0 Å². The van der Waals surface area contributed by atoms with Gasteiger partial charge in [-0.25, -0.2) is 0 Å². The van der Waals surface area contributed by atoms with E-state index in [0.29, 0.717) is 12.0 Å². The monoisotopic (exact) mass is 220 g/mol. The highest BCUT2D eigenvalue weighted by Gasteiger charge is 2.18. The lowest BCUT2D eigenvalue weighted by Gasteiger charge is -2.27. The van der Waals surface area contributed by atoms with E-state index in [1.165, 1.54) is 5.56 Å². The second-order valence-electron chi connectivity index (χ2n) is 5.50. The minimum absolute atomic E-state index is 0.165. The van der Waals surface area contributed by atoms with Gasteiger partial charge < -0.3 is 11.1 Å². The molecule has 0 bridgehead atoms. The summed E-state index contributed by atoms with van der Waals surface area (Å²) in [4.78, 5) is 0. The van der Waals surface area contributed by atoms with Gasteiger partial charge in [0.25, 0.3) is 0 Å². The molecule has 90 valence electrons. The molecular weight excluding hydrogens is 196 g/mol. The van der Waals surface area contributed by atoms with E-state index in [-0.39, 0.29) is 5.54 Å². The van der Waals surface area contributed by atoms with Gasteiger partial charge in [0.2, 0.25) is 0 Å². The molecule has 2 heteroatoms. The lowest BCUT2D eigenvalue weighted by molar-refractivity contribution is 0.363. The number of hydrogen-bond acceptors (Lipinski definition) is 2. The van der Waals surface area contributed by atoms with Gasteiger partial charge in [0.05, 0.1) is 0 Å². The van der Waals surface area contributed by atoms with Crippen molar-refractivity contribution in [3.05, 3.63) is 35.9 Å². The van der Waals surface area contributed by atoms with Gasteiger partial charge in [-0.05, 0) is 25.3 Å². The predicted molar refractivity (Wildman–Crippen MR) is 70.3 cm³/mol. The van der Waals surface area contributed by atoms with E-state index in [1.807, 2.05) is 19.9 Å². The Bertz CT molecular complexity index is 298. The Kier molecular flexibility index (Phi) is 4.51. The predicted octanol–water partition coefficient (Wildman–Crippen LogP) is 2.71. The molecule has 0 radical (unpaired) electrons. The quantitative estimate of drug-likeness (QED) is 0.800. The fraction of sp³-hybridized carbons (Fsp3) is 0.571. The summed E-state index contributed by atoms with van der Waals surface area (Å²) in [5, 5.41) is 3.55. The first-order valence-electron chi connectivity index (χ1n) is 5.97. The molecule has 0 saturated carbocycles. The van der Waals surface area contributed by atoms with Crippen molar-refractivity contribution in [2.75, 3.05) is 6.54 Å². The van der Waals surface area contributed by atoms with Crippen molar-refractivity contribution in [1.29, 1.82) is 0 Å². The molecule has 16 heavy (non-hydrogen) atoms. The molecule has 1 aromatic carbocycles. The summed E-state index contributed by atoms with van der Waals surface area (Å²) in [5.41, 5.74) is 7.17. The summed E-state index contributed by atoms with van der Waals surface area (Å²) in [5.74, 6) is 0.560. The van der Waals surface area contributed by atoms with Crippen LogP contribution in [0.1, 0.15) is 39.3 Å². The zero-order chi connectivity index (χ0) is 12.2. The topological polar surface area (TPSA) is 38.0 Å². The van der Waals surface area contributed by atoms with E-state index in [4.69, 9.17) is 5.73 Å². The van der Waals surface area contributed by atoms with E-state index >= 15 is 0 Å². The first-order valence-corrected chi connectivity index (χ1v) is 5.97. The van der Waals surface area contributed by atoms with Crippen LogP contribution in [0.4, 0.5) is 0 Å². The first kappa shape index (κ1) is 13.2. The van der Waals surface area contributed by atoms with Crippen molar-refractivity contribution >= 4 is 0 Å². The molecule has 0 aliphatic heterocycles. The number of hydrogen-bond donors (Lipinski definition) is 2. The Morgan fingerprint density at radius 3 is 2.19 bits per heavy atom. The molecule has 1 atom stereocenters. The summed E-state index contributed by atoms with van der Waals surface area (Å²) in [6, 6.07) is 10.9. The Morgan fingerprint density at radius 2 is 1.75 bits per heavy atom. The maximum absolute atomic E-state index is 6.00. The highest BCUT2D eigenvalue weighted by atomic mass is 15.0. The summed E-state index contributed by atoms with van der Waals surface area (Å²) in [6.45, 7) is 9.37. The fourth-order valence-electron chi connectivity index (χ4n) is 1.77. The van der Waals surface area contributed by atoms with Crippen molar-refractivity contribution in [1.82, 2.24) is 5.32 Å². The number of benzene rings is 1. The van der Waals surface area contributed by atoms with E-state index in [0.717, 1.165) is 6.54 Å². The maximum Gasteiger partial charge on any atom is 0.0344 e. The Hall–Kier alpha value is -0.860. The normalized spacial score (nSPS) is 14.1. The molecule has 0 aliphatic rings. The van der Waals surface area contributed by atoms with Crippen LogP contribution >= 0.6 is 0 Å². The molecule has 1 unspecified atom stereocenters. The first-order chi connectivity index (χ1) is 7.40. The Morgan fingerprint density at radius 1 is 1.19 bits per heavy atom. The largest absolute Gasteiger partial charge is 0.324 e. The molecule has 1 rings (SSSR count). The zero-order valence-electron chi connectivity index (χ0n) is 10.8. The van der Waals surface area contributed by atoms with Gasteiger partial charge in [-0.3, -0.25) is 0 Å². The second-order valence-corrected chi connectivity index (χ2v) is 5.50. The molecule has 0 aliphatic carbocycles. The van der Waals surface area contributed by atoms with Gasteiger partial charge in [-0.2, -0.15) is 0 Å². The third-order valence-electron chi connectivity index (χ3n) is 2.60. The summed E-state index contributed by atoms with van der Waals surface area (Å²) in [6.07, 6.45) is 0. The van der Waals surface area contributed by atoms with E-state index in [2.05, 4.69) is 43.4 Å². The third kappa shape index (κ3) is 4.33. The van der Waals surface area contributed by atoms with E-state index in [1.54, 1.807) is 0 Å². The molecule has 0 fully saturated rings. The van der Waals surface area contributed by atoms with E-state index < -0.39 is 0 Å². The van der Waals surface area contributed by atoms with Gasteiger partial charge in [0.15, 0.2) is 0 Å². The second kappa shape index (κ2) is 5.46. The molecule has 0 aromatic heterocycles. The van der Waals surface area contributed by atoms with Crippen LogP contribution in [0.2, 0.25) is 0 Å². The molecule has 2 nitrogen and oxygen atoms in total. The van der Waals surface area contributed by atoms with Crippen LogP contribution in [0.15, 0.2) is 30.3 Å². The van der Waals surface area contributed by atoms with Gasteiger partial charge in [-0.15, -0.1) is 0 Å². The van der Waals surface area contributed by atoms with Crippen molar-refractivity contribution in [3.63, 3.8) is 0 Å². The van der Waals surface area contributed by atoms with Gasteiger partial charge in [-0.1, -0.05) is 44.2 Å². The van der Waals surface area contributed by atoms with Crippen molar-refractivity contribution in [3.8, 4) is 0 Å². The van der Waals surface area contributed by atoms with Crippen molar-refractivity contribution in [2.24, 2.45) is 11.7 Å². The molecule has 3 N–H and O–H groups in total. The highest BCUT2D eigenvalue weighted by molar-refractivity contribution is 5.19. The standard InChI is InChI=1S/C14H24N2/c1-11(2)13(16-10-14(3,4)15)12-8-6-5-7-9-12/h5-9,11,13,16H,10,15H2,1-4H3. The van der Waals surface area contributed by atoms with Crippen molar-refractivity contribution in [2.45, 2.75) is 39.3 Å². The minimum Gasteiger partial charge on any atom is -0.324 e. The average Bonchev–Trinajstić information content (AvgIpc) is 2.17. The lowest BCUT2D eigenvalue weighted by atomic mass is 9.95. The van der Waals surface area contributed by atoms with E-state index in [9.17, 15) is 0 Å². The molecule has 0 heterocycles. The number of nitrogens with one attached hydrogen (secondary N) is 1. The minimum atomic E-state index is -0.165. The van der Waals surface area contributed by atoms with Crippen LogP contribution in [0, 0.1) is 5.92 Å². The average molecular weight is 220 g/mol.